The standard InChI is InChI=1S/C15H18ClN3S/c1-3-8-17-11(2)12-4-6-14(18-9-12)20-15-7-5-13(16)10-19-15/h4-7,9-11,17H,3,8H2,1-2H3. The maximum Gasteiger partial charge on any atom is 0.102 e. The zero-order chi connectivity index (χ0) is 14.4. The lowest BCUT2D eigenvalue weighted by molar-refractivity contribution is 0.568. The first kappa shape index (κ1) is 15.3. The van der Waals surface area contributed by atoms with E-state index in [1.54, 1.807) is 6.20 Å². The van der Waals surface area contributed by atoms with E-state index in [0.717, 1.165) is 23.0 Å². The van der Waals surface area contributed by atoms with E-state index in [9.17, 15) is 0 Å². The largest absolute Gasteiger partial charge is 0.310 e. The van der Waals surface area contributed by atoms with E-state index in [1.165, 1.54) is 17.3 Å². The summed E-state index contributed by atoms with van der Waals surface area (Å²) in [4.78, 5) is 8.73. The van der Waals surface area contributed by atoms with Crippen LogP contribution in [0.4, 0.5) is 0 Å². The van der Waals surface area contributed by atoms with Crippen molar-refractivity contribution in [3.05, 3.63) is 47.2 Å². The van der Waals surface area contributed by atoms with Crippen LogP contribution in [0.5, 0.6) is 0 Å². The molecule has 0 aliphatic rings. The van der Waals surface area contributed by atoms with Gasteiger partial charge in [0.15, 0.2) is 0 Å². The molecule has 1 N–H and O–H groups in total. The maximum atomic E-state index is 5.82. The Balaban J connectivity index is 1.99. The second kappa shape index (κ2) is 7.62. The lowest BCUT2D eigenvalue weighted by Gasteiger charge is -2.13. The van der Waals surface area contributed by atoms with Crippen molar-refractivity contribution in [3.63, 3.8) is 0 Å². The Morgan fingerprint density at radius 1 is 1.15 bits per heavy atom. The zero-order valence-electron chi connectivity index (χ0n) is 11.6. The fraction of sp³-hybridized carbons (Fsp3) is 0.333. The van der Waals surface area contributed by atoms with Gasteiger partial charge >= 0.3 is 0 Å². The zero-order valence-corrected chi connectivity index (χ0v) is 13.2. The number of pyridine rings is 2. The molecule has 1 unspecified atom stereocenters. The van der Waals surface area contributed by atoms with E-state index in [-0.39, 0.29) is 0 Å². The van der Waals surface area contributed by atoms with Gasteiger partial charge in [0.1, 0.15) is 10.1 Å². The first-order valence-electron chi connectivity index (χ1n) is 6.67. The van der Waals surface area contributed by atoms with Crippen molar-refractivity contribution in [3.8, 4) is 0 Å². The van der Waals surface area contributed by atoms with Gasteiger partial charge in [-0.15, -0.1) is 0 Å². The summed E-state index contributed by atoms with van der Waals surface area (Å²) in [7, 11) is 0. The number of nitrogens with one attached hydrogen (secondary N) is 1. The smallest absolute Gasteiger partial charge is 0.102 e. The number of nitrogens with zero attached hydrogens (tertiary/aromatic N) is 2. The van der Waals surface area contributed by atoms with Crippen LogP contribution in [-0.2, 0) is 0 Å². The van der Waals surface area contributed by atoms with Gasteiger partial charge in [-0.3, -0.25) is 0 Å². The molecule has 0 aromatic carbocycles. The molecule has 5 heteroatoms. The van der Waals surface area contributed by atoms with Gasteiger partial charge in [-0.05, 0) is 43.7 Å². The van der Waals surface area contributed by atoms with Crippen molar-refractivity contribution in [2.24, 2.45) is 0 Å². The molecule has 0 bridgehead atoms. The lowest BCUT2D eigenvalue weighted by Crippen LogP contribution is -2.19. The summed E-state index contributed by atoms with van der Waals surface area (Å²) >= 11 is 7.35. The average Bonchev–Trinajstić information content (AvgIpc) is 2.48. The van der Waals surface area contributed by atoms with Gasteiger partial charge in [-0.1, -0.05) is 36.4 Å². The van der Waals surface area contributed by atoms with Gasteiger partial charge < -0.3 is 5.32 Å². The van der Waals surface area contributed by atoms with Gasteiger partial charge in [-0.2, -0.15) is 0 Å². The summed E-state index contributed by atoms with van der Waals surface area (Å²) < 4.78 is 0. The molecule has 0 aliphatic carbocycles. The summed E-state index contributed by atoms with van der Waals surface area (Å²) in [6.45, 7) is 5.34. The molecule has 0 fully saturated rings. The molecule has 0 saturated carbocycles. The van der Waals surface area contributed by atoms with Gasteiger partial charge in [-0.25, -0.2) is 9.97 Å². The van der Waals surface area contributed by atoms with Crippen molar-refractivity contribution < 1.29 is 0 Å². The van der Waals surface area contributed by atoms with Crippen LogP contribution in [0.1, 0.15) is 31.9 Å². The Kier molecular flexibility index (Phi) is 5.83. The Morgan fingerprint density at radius 3 is 2.40 bits per heavy atom. The summed E-state index contributed by atoms with van der Waals surface area (Å²) in [5.41, 5.74) is 1.20. The minimum atomic E-state index is 0.329. The van der Waals surface area contributed by atoms with Gasteiger partial charge in [0.25, 0.3) is 0 Å². The molecule has 3 nitrogen and oxygen atoms in total. The fourth-order valence-corrected chi connectivity index (χ4v) is 2.53. The van der Waals surface area contributed by atoms with Crippen LogP contribution in [0.2, 0.25) is 5.02 Å². The predicted octanol–water partition coefficient (Wildman–Crippen LogP) is 4.34. The normalized spacial score (nSPS) is 12.3. The van der Waals surface area contributed by atoms with E-state index >= 15 is 0 Å². The van der Waals surface area contributed by atoms with Crippen LogP contribution >= 0.6 is 23.4 Å². The summed E-state index contributed by atoms with van der Waals surface area (Å²) in [6.07, 6.45) is 4.70. The Hall–Kier alpha value is -1.10. The molecular weight excluding hydrogens is 290 g/mol. The average molecular weight is 308 g/mol. The Labute approximate surface area is 129 Å². The molecule has 0 spiro atoms. The predicted molar refractivity (Wildman–Crippen MR) is 84.3 cm³/mol. The molecule has 1 atom stereocenters. The molecule has 0 saturated heterocycles. The van der Waals surface area contributed by atoms with E-state index in [2.05, 4.69) is 35.2 Å². The van der Waals surface area contributed by atoms with E-state index in [0.29, 0.717) is 11.1 Å². The van der Waals surface area contributed by atoms with Crippen LogP contribution in [0.15, 0.2) is 46.7 Å². The summed E-state index contributed by atoms with van der Waals surface area (Å²) in [6, 6.07) is 8.20. The molecule has 2 aromatic rings. The topological polar surface area (TPSA) is 37.8 Å². The van der Waals surface area contributed by atoms with Crippen molar-refractivity contribution in [2.45, 2.75) is 36.4 Å². The molecule has 2 rings (SSSR count). The molecule has 0 aliphatic heterocycles. The first-order chi connectivity index (χ1) is 9.69. The monoisotopic (exact) mass is 307 g/mol. The Morgan fingerprint density at radius 2 is 1.85 bits per heavy atom. The third-order valence-corrected chi connectivity index (χ3v) is 3.99. The minimum absolute atomic E-state index is 0.329. The van der Waals surface area contributed by atoms with Crippen LogP contribution in [-0.4, -0.2) is 16.5 Å². The third kappa shape index (κ3) is 4.47. The second-order valence-electron chi connectivity index (χ2n) is 4.52. The maximum absolute atomic E-state index is 5.82. The quantitative estimate of drug-likeness (QED) is 0.861. The van der Waals surface area contributed by atoms with Crippen molar-refractivity contribution >= 4 is 23.4 Å². The molecule has 2 heterocycles. The number of aromatic nitrogens is 2. The SMILES string of the molecule is CCCNC(C)c1ccc(Sc2ccc(Cl)cn2)nc1. The third-order valence-electron chi connectivity index (χ3n) is 2.87. The van der Waals surface area contributed by atoms with Gasteiger partial charge in [0, 0.05) is 18.4 Å². The first-order valence-corrected chi connectivity index (χ1v) is 7.87. The number of rotatable bonds is 6. The summed E-state index contributed by atoms with van der Waals surface area (Å²) in [5.74, 6) is 0. The van der Waals surface area contributed by atoms with Crippen LogP contribution in [0.25, 0.3) is 0 Å². The highest BCUT2D eigenvalue weighted by molar-refractivity contribution is 7.99. The molecule has 0 radical (unpaired) electrons. The molecule has 106 valence electrons. The van der Waals surface area contributed by atoms with Gasteiger partial charge in [0.05, 0.1) is 5.02 Å². The highest BCUT2D eigenvalue weighted by Gasteiger charge is 2.06. The number of hydrogen-bond donors (Lipinski definition) is 1. The highest BCUT2D eigenvalue weighted by Crippen LogP contribution is 2.25. The van der Waals surface area contributed by atoms with Crippen molar-refractivity contribution in [1.82, 2.24) is 15.3 Å². The fourth-order valence-electron chi connectivity index (χ4n) is 1.72. The minimum Gasteiger partial charge on any atom is -0.310 e. The second-order valence-corrected chi connectivity index (χ2v) is 6.00. The molecule has 2 aromatic heterocycles. The molecule has 20 heavy (non-hydrogen) atoms. The van der Waals surface area contributed by atoms with Gasteiger partial charge in [0.2, 0.25) is 0 Å². The molecular formula is C15H18ClN3S. The number of halogens is 1. The van der Waals surface area contributed by atoms with Crippen molar-refractivity contribution in [1.29, 1.82) is 0 Å². The van der Waals surface area contributed by atoms with Crippen molar-refractivity contribution in [2.75, 3.05) is 6.54 Å². The molecule has 0 amide bonds. The number of hydrogen-bond acceptors (Lipinski definition) is 4. The van der Waals surface area contributed by atoms with E-state index in [1.807, 2.05) is 24.4 Å². The summed E-state index contributed by atoms with van der Waals surface area (Å²) in [5, 5.41) is 5.93. The van der Waals surface area contributed by atoms with Crippen LogP contribution in [0.3, 0.4) is 0 Å². The van der Waals surface area contributed by atoms with E-state index in [4.69, 9.17) is 11.6 Å². The van der Waals surface area contributed by atoms with E-state index < -0.39 is 0 Å². The van der Waals surface area contributed by atoms with Crippen LogP contribution in [0, 0.1) is 0 Å². The Bertz CT molecular complexity index is 528. The lowest BCUT2D eigenvalue weighted by atomic mass is 10.1. The van der Waals surface area contributed by atoms with Crippen LogP contribution < -0.4 is 5.32 Å². The highest BCUT2D eigenvalue weighted by atomic mass is 35.5.